The molecule has 0 fully saturated rings. The predicted octanol–water partition coefficient (Wildman–Crippen LogP) is 3.78. The molecule has 5 nitrogen and oxygen atoms in total. The standard InChI is InChI=1S/C21H14FN3O2/c22-14-7-6-8-15(13-14)23-20(26)19-17-11-4-5-12-18(17)21(27)25(24-19)16-9-2-1-3-10-16/h1-13H,(H,23,26). The molecule has 0 saturated carbocycles. The number of aromatic nitrogens is 2. The monoisotopic (exact) mass is 359 g/mol. The van der Waals surface area contributed by atoms with Gasteiger partial charge in [0.05, 0.1) is 11.1 Å². The van der Waals surface area contributed by atoms with Gasteiger partial charge in [-0.1, -0.05) is 42.5 Å². The number of amides is 1. The highest BCUT2D eigenvalue weighted by molar-refractivity contribution is 6.11. The van der Waals surface area contributed by atoms with Crippen LogP contribution in [0, 0.1) is 5.82 Å². The average molecular weight is 359 g/mol. The van der Waals surface area contributed by atoms with Crippen molar-refractivity contribution >= 4 is 22.4 Å². The molecule has 132 valence electrons. The van der Waals surface area contributed by atoms with Crippen LogP contribution in [0.1, 0.15) is 10.5 Å². The molecule has 3 aromatic carbocycles. The van der Waals surface area contributed by atoms with Gasteiger partial charge in [0.25, 0.3) is 11.5 Å². The number of halogens is 1. The Bertz CT molecular complexity index is 1200. The number of benzene rings is 3. The summed E-state index contributed by atoms with van der Waals surface area (Å²) in [4.78, 5) is 25.6. The molecule has 0 aliphatic carbocycles. The van der Waals surface area contributed by atoms with Gasteiger partial charge in [-0.2, -0.15) is 9.78 Å². The third-order valence-electron chi connectivity index (χ3n) is 4.10. The minimum absolute atomic E-state index is 0.0818. The average Bonchev–Trinajstić information content (AvgIpc) is 2.69. The summed E-state index contributed by atoms with van der Waals surface area (Å²) >= 11 is 0. The fourth-order valence-corrected chi connectivity index (χ4v) is 2.86. The number of rotatable bonds is 3. The Morgan fingerprint density at radius 2 is 1.59 bits per heavy atom. The first kappa shape index (κ1) is 16.7. The maximum absolute atomic E-state index is 13.4. The molecule has 0 atom stereocenters. The van der Waals surface area contributed by atoms with E-state index < -0.39 is 11.7 Å². The lowest BCUT2D eigenvalue weighted by Gasteiger charge is -2.11. The van der Waals surface area contributed by atoms with Crippen LogP contribution in [0.2, 0.25) is 0 Å². The molecule has 1 amide bonds. The van der Waals surface area contributed by atoms with E-state index in [1.165, 1.54) is 22.9 Å². The van der Waals surface area contributed by atoms with E-state index in [0.717, 1.165) is 0 Å². The lowest BCUT2D eigenvalue weighted by Crippen LogP contribution is -2.26. The van der Waals surface area contributed by atoms with Crippen molar-refractivity contribution in [1.29, 1.82) is 0 Å². The summed E-state index contributed by atoms with van der Waals surface area (Å²) in [5.41, 5.74) is 0.619. The molecule has 4 aromatic rings. The van der Waals surface area contributed by atoms with Crippen LogP contribution in [0.5, 0.6) is 0 Å². The minimum Gasteiger partial charge on any atom is -0.320 e. The Morgan fingerprint density at radius 3 is 2.33 bits per heavy atom. The molecule has 0 spiro atoms. The Kier molecular flexibility index (Phi) is 4.22. The lowest BCUT2D eigenvalue weighted by atomic mass is 10.1. The van der Waals surface area contributed by atoms with Crippen molar-refractivity contribution in [1.82, 2.24) is 9.78 Å². The van der Waals surface area contributed by atoms with Gasteiger partial charge in [0.15, 0.2) is 5.69 Å². The predicted molar refractivity (Wildman–Crippen MR) is 102 cm³/mol. The van der Waals surface area contributed by atoms with Crippen LogP contribution in [-0.2, 0) is 0 Å². The molecule has 1 aromatic heterocycles. The number of hydrogen-bond donors (Lipinski definition) is 1. The summed E-state index contributed by atoms with van der Waals surface area (Å²) in [5.74, 6) is -0.985. The molecule has 27 heavy (non-hydrogen) atoms. The largest absolute Gasteiger partial charge is 0.320 e. The molecule has 1 heterocycles. The highest BCUT2D eigenvalue weighted by atomic mass is 19.1. The summed E-state index contributed by atoms with van der Waals surface area (Å²) in [6, 6.07) is 21.2. The van der Waals surface area contributed by atoms with Crippen molar-refractivity contribution in [3.8, 4) is 5.69 Å². The molecular weight excluding hydrogens is 345 g/mol. The molecule has 0 saturated heterocycles. The Balaban J connectivity index is 1.88. The van der Waals surface area contributed by atoms with Crippen molar-refractivity contribution in [2.24, 2.45) is 0 Å². The molecule has 1 N–H and O–H groups in total. The second kappa shape index (κ2) is 6.84. The van der Waals surface area contributed by atoms with E-state index in [1.807, 2.05) is 6.07 Å². The Labute approximate surface area is 153 Å². The van der Waals surface area contributed by atoms with Gasteiger partial charge >= 0.3 is 0 Å². The van der Waals surface area contributed by atoms with Gasteiger partial charge in [-0.3, -0.25) is 9.59 Å². The molecule has 4 rings (SSSR count). The topological polar surface area (TPSA) is 64.0 Å². The van der Waals surface area contributed by atoms with Crippen molar-refractivity contribution in [3.05, 3.63) is 101 Å². The minimum atomic E-state index is -0.526. The van der Waals surface area contributed by atoms with Crippen LogP contribution in [0.25, 0.3) is 16.5 Å². The molecule has 0 radical (unpaired) electrons. The Hall–Kier alpha value is -3.80. The highest BCUT2D eigenvalue weighted by Gasteiger charge is 2.17. The SMILES string of the molecule is O=C(Nc1cccc(F)c1)c1nn(-c2ccccc2)c(=O)c2ccccc12. The van der Waals surface area contributed by atoms with Gasteiger partial charge in [-0.05, 0) is 36.4 Å². The molecule has 6 heteroatoms. The summed E-state index contributed by atoms with van der Waals surface area (Å²) in [6.45, 7) is 0. The molecule has 0 aliphatic rings. The van der Waals surface area contributed by atoms with Crippen molar-refractivity contribution in [2.45, 2.75) is 0 Å². The van der Waals surface area contributed by atoms with Crippen LogP contribution in [0.3, 0.4) is 0 Å². The van der Waals surface area contributed by atoms with Crippen molar-refractivity contribution < 1.29 is 9.18 Å². The molecule has 0 aliphatic heterocycles. The van der Waals surface area contributed by atoms with Crippen molar-refractivity contribution in [3.63, 3.8) is 0 Å². The van der Waals surface area contributed by atoms with E-state index in [4.69, 9.17) is 0 Å². The second-order valence-corrected chi connectivity index (χ2v) is 5.91. The summed E-state index contributed by atoms with van der Waals surface area (Å²) < 4.78 is 14.6. The van der Waals surface area contributed by atoms with Crippen LogP contribution >= 0.6 is 0 Å². The van der Waals surface area contributed by atoms with Gasteiger partial charge in [-0.25, -0.2) is 4.39 Å². The first-order valence-corrected chi connectivity index (χ1v) is 8.28. The first-order chi connectivity index (χ1) is 13.1. The van der Waals surface area contributed by atoms with Crippen LogP contribution < -0.4 is 10.9 Å². The van der Waals surface area contributed by atoms with Gasteiger partial charge in [0.1, 0.15) is 5.82 Å². The van der Waals surface area contributed by atoms with Crippen LogP contribution in [0.4, 0.5) is 10.1 Å². The zero-order valence-corrected chi connectivity index (χ0v) is 14.1. The van der Waals surface area contributed by atoms with E-state index >= 15 is 0 Å². The summed E-state index contributed by atoms with van der Waals surface area (Å²) in [6.07, 6.45) is 0. The number of para-hydroxylation sites is 1. The number of anilines is 1. The number of fused-ring (bicyclic) bond motifs is 1. The maximum Gasteiger partial charge on any atom is 0.279 e. The molecular formula is C21H14FN3O2. The summed E-state index contributed by atoms with van der Waals surface area (Å²) in [5, 5.41) is 7.73. The number of hydrogen-bond acceptors (Lipinski definition) is 3. The third kappa shape index (κ3) is 3.20. The fourth-order valence-electron chi connectivity index (χ4n) is 2.86. The van der Waals surface area contributed by atoms with E-state index in [1.54, 1.807) is 54.6 Å². The van der Waals surface area contributed by atoms with Gasteiger partial charge in [0.2, 0.25) is 0 Å². The van der Waals surface area contributed by atoms with Crippen molar-refractivity contribution in [2.75, 3.05) is 5.32 Å². The van der Waals surface area contributed by atoms with E-state index in [9.17, 15) is 14.0 Å². The van der Waals surface area contributed by atoms with Gasteiger partial charge < -0.3 is 5.32 Å². The number of nitrogens with one attached hydrogen (secondary N) is 1. The van der Waals surface area contributed by atoms with E-state index in [-0.39, 0.29) is 11.3 Å². The molecule has 0 unspecified atom stereocenters. The zero-order valence-electron chi connectivity index (χ0n) is 14.1. The third-order valence-corrected chi connectivity index (χ3v) is 4.10. The van der Waals surface area contributed by atoms with Crippen LogP contribution in [0.15, 0.2) is 83.7 Å². The molecule has 0 bridgehead atoms. The zero-order chi connectivity index (χ0) is 18.8. The van der Waals surface area contributed by atoms with Crippen LogP contribution in [-0.4, -0.2) is 15.7 Å². The quantitative estimate of drug-likeness (QED) is 0.605. The summed E-state index contributed by atoms with van der Waals surface area (Å²) in [7, 11) is 0. The lowest BCUT2D eigenvalue weighted by molar-refractivity contribution is 0.102. The van der Waals surface area contributed by atoms with E-state index in [2.05, 4.69) is 10.4 Å². The van der Waals surface area contributed by atoms with Gasteiger partial charge in [0, 0.05) is 11.1 Å². The number of nitrogens with zero attached hydrogens (tertiary/aromatic N) is 2. The smallest absolute Gasteiger partial charge is 0.279 e. The maximum atomic E-state index is 13.4. The first-order valence-electron chi connectivity index (χ1n) is 8.28. The normalized spacial score (nSPS) is 10.7. The highest BCUT2D eigenvalue weighted by Crippen LogP contribution is 2.17. The fraction of sp³-hybridized carbons (Fsp3) is 0. The number of carbonyl (C=O) groups is 1. The second-order valence-electron chi connectivity index (χ2n) is 5.91. The van der Waals surface area contributed by atoms with Gasteiger partial charge in [-0.15, -0.1) is 0 Å². The number of carbonyl (C=O) groups excluding carboxylic acids is 1. The Morgan fingerprint density at radius 1 is 0.889 bits per heavy atom. The van der Waals surface area contributed by atoms with E-state index in [0.29, 0.717) is 22.1 Å².